The van der Waals surface area contributed by atoms with Crippen molar-refractivity contribution in [2.24, 2.45) is 0 Å². The van der Waals surface area contributed by atoms with Crippen LogP contribution in [0.5, 0.6) is 0 Å². The first-order chi connectivity index (χ1) is 13.7. The maximum absolute atomic E-state index is 12.8. The molecule has 4 rings (SSSR count). The van der Waals surface area contributed by atoms with Gasteiger partial charge in [0.2, 0.25) is 0 Å². The van der Waals surface area contributed by atoms with Gasteiger partial charge in [0.05, 0.1) is 19.2 Å². The first kappa shape index (κ1) is 18.3. The predicted molar refractivity (Wildman–Crippen MR) is 108 cm³/mol. The normalized spacial score (nSPS) is 19.4. The van der Waals surface area contributed by atoms with E-state index in [-0.39, 0.29) is 18.2 Å². The Morgan fingerprint density at radius 1 is 1.11 bits per heavy atom. The molecule has 0 aliphatic carbocycles. The summed E-state index contributed by atoms with van der Waals surface area (Å²) >= 11 is 0. The summed E-state index contributed by atoms with van der Waals surface area (Å²) < 4.78 is 7.91. The standard InChI is InChI=1S/C22H24N4O2/c1-17-14-25(16-21(28-17)19-6-3-2-4-7-19)22(27)24-20-10-8-18(9-11-20)15-26-13-5-12-23-26/h2-13,17,21H,14-16H2,1H3,(H,24,27). The first-order valence-electron chi connectivity index (χ1n) is 9.50. The van der Waals surface area contributed by atoms with Crippen LogP contribution in [0.25, 0.3) is 0 Å². The number of benzene rings is 2. The Balaban J connectivity index is 1.38. The Kier molecular flexibility index (Phi) is 5.39. The average Bonchev–Trinajstić information content (AvgIpc) is 3.23. The van der Waals surface area contributed by atoms with Crippen LogP contribution in [0, 0.1) is 0 Å². The Hall–Kier alpha value is -3.12. The molecule has 144 valence electrons. The Morgan fingerprint density at radius 3 is 2.61 bits per heavy atom. The SMILES string of the molecule is CC1CN(C(=O)Nc2ccc(Cn3cccn3)cc2)CC(c2ccccc2)O1. The molecule has 1 aliphatic rings. The molecule has 2 aromatic carbocycles. The van der Waals surface area contributed by atoms with Gasteiger partial charge in [-0.2, -0.15) is 5.10 Å². The van der Waals surface area contributed by atoms with E-state index in [9.17, 15) is 4.79 Å². The minimum Gasteiger partial charge on any atom is -0.367 e. The zero-order valence-corrected chi connectivity index (χ0v) is 15.9. The van der Waals surface area contributed by atoms with Gasteiger partial charge in [-0.25, -0.2) is 4.79 Å². The van der Waals surface area contributed by atoms with Crippen LogP contribution in [-0.4, -0.2) is 39.9 Å². The van der Waals surface area contributed by atoms with Gasteiger partial charge in [-0.3, -0.25) is 4.68 Å². The van der Waals surface area contributed by atoms with Crippen LogP contribution in [0.4, 0.5) is 10.5 Å². The number of ether oxygens (including phenoxy) is 1. The summed E-state index contributed by atoms with van der Waals surface area (Å²) in [5.41, 5.74) is 3.00. The largest absolute Gasteiger partial charge is 0.367 e. The van der Waals surface area contributed by atoms with Gasteiger partial charge in [-0.05, 0) is 36.2 Å². The number of morpholine rings is 1. The fraction of sp³-hybridized carbons (Fsp3) is 0.273. The minimum atomic E-state index is -0.104. The second-order valence-electron chi connectivity index (χ2n) is 7.08. The van der Waals surface area contributed by atoms with Crippen LogP contribution in [0.3, 0.4) is 0 Å². The molecule has 2 amide bonds. The van der Waals surface area contributed by atoms with Gasteiger partial charge in [-0.15, -0.1) is 0 Å². The van der Waals surface area contributed by atoms with Crippen molar-refractivity contribution in [1.29, 1.82) is 0 Å². The summed E-state index contributed by atoms with van der Waals surface area (Å²) in [5.74, 6) is 0. The molecule has 2 unspecified atom stereocenters. The number of anilines is 1. The first-order valence-corrected chi connectivity index (χ1v) is 9.50. The van der Waals surface area contributed by atoms with Crippen molar-refractivity contribution >= 4 is 11.7 Å². The summed E-state index contributed by atoms with van der Waals surface area (Å²) in [7, 11) is 0. The molecule has 2 heterocycles. The molecule has 28 heavy (non-hydrogen) atoms. The number of carbonyl (C=O) groups is 1. The maximum atomic E-state index is 12.8. The number of amides is 2. The summed E-state index contributed by atoms with van der Waals surface area (Å²) in [5, 5.41) is 7.21. The molecule has 3 aromatic rings. The van der Waals surface area contributed by atoms with Crippen molar-refractivity contribution in [2.75, 3.05) is 18.4 Å². The number of rotatable bonds is 4. The van der Waals surface area contributed by atoms with E-state index in [4.69, 9.17) is 4.74 Å². The van der Waals surface area contributed by atoms with Gasteiger partial charge in [0, 0.05) is 24.6 Å². The van der Waals surface area contributed by atoms with Crippen molar-refractivity contribution in [1.82, 2.24) is 14.7 Å². The predicted octanol–water partition coefficient (Wildman–Crippen LogP) is 3.93. The zero-order valence-electron chi connectivity index (χ0n) is 15.9. The third-order valence-corrected chi connectivity index (χ3v) is 4.83. The molecule has 6 nitrogen and oxygen atoms in total. The second kappa shape index (κ2) is 8.27. The fourth-order valence-corrected chi connectivity index (χ4v) is 3.45. The number of hydrogen-bond donors (Lipinski definition) is 1. The molecule has 1 aliphatic heterocycles. The second-order valence-corrected chi connectivity index (χ2v) is 7.08. The fourth-order valence-electron chi connectivity index (χ4n) is 3.45. The van der Waals surface area contributed by atoms with Crippen LogP contribution in [0.1, 0.15) is 24.2 Å². The lowest BCUT2D eigenvalue weighted by Gasteiger charge is -2.37. The molecule has 0 radical (unpaired) electrons. The average molecular weight is 376 g/mol. The van der Waals surface area contributed by atoms with E-state index in [0.29, 0.717) is 19.6 Å². The Bertz CT molecular complexity index is 894. The molecule has 0 saturated carbocycles. The van der Waals surface area contributed by atoms with Gasteiger partial charge >= 0.3 is 6.03 Å². The number of aromatic nitrogens is 2. The van der Waals surface area contributed by atoms with Crippen molar-refractivity contribution in [3.63, 3.8) is 0 Å². The third-order valence-electron chi connectivity index (χ3n) is 4.83. The molecule has 1 N–H and O–H groups in total. The molecule has 2 atom stereocenters. The van der Waals surface area contributed by atoms with E-state index in [2.05, 4.69) is 10.4 Å². The topological polar surface area (TPSA) is 59.4 Å². The summed E-state index contributed by atoms with van der Waals surface area (Å²) in [6, 6.07) is 19.7. The lowest BCUT2D eigenvalue weighted by molar-refractivity contribution is -0.0642. The maximum Gasteiger partial charge on any atom is 0.322 e. The van der Waals surface area contributed by atoms with Crippen molar-refractivity contribution in [2.45, 2.75) is 25.7 Å². The van der Waals surface area contributed by atoms with Crippen LogP contribution in [0.2, 0.25) is 0 Å². The molecule has 6 heteroatoms. The molecule has 0 bridgehead atoms. The third kappa shape index (κ3) is 4.40. The van der Waals surface area contributed by atoms with Crippen molar-refractivity contribution < 1.29 is 9.53 Å². The molecule has 1 aromatic heterocycles. The summed E-state index contributed by atoms with van der Waals surface area (Å²) in [4.78, 5) is 14.6. The molecule has 1 saturated heterocycles. The van der Waals surface area contributed by atoms with Gasteiger partial charge in [0.15, 0.2) is 0 Å². The quantitative estimate of drug-likeness (QED) is 0.751. The van der Waals surface area contributed by atoms with Crippen LogP contribution in [-0.2, 0) is 11.3 Å². The number of hydrogen-bond acceptors (Lipinski definition) is 3. The Morgan fingerprint density at radius 2 is 1.89 bits per heavy atom. The molecular formula is C22H24N4O2. The zero-order chi connectivity index (χ0) is 19.3. The van der Waals surface area contributed by atoms with E-state index in [0.717, 1.165) is 16.8 Å². The highest BCUT2D eigenvalue weighted by molar-refractivity contribution is 5.89. The lowest BCUT2D eigenvalue weighted by atomic mass is 10.1. The van der Waals surface area contributed by atoms with Crippen LogP contribution >= 0.6 is 0 Å². The molecule has 1 fully saturated rings. The van der Waals surface area contributed by atoms with Crippen molar-refractivity contribution in [3.05, 3.63) is 84.2 Å². The number of urea groups is 1. The molecular weight excluding hydrogens is 352 g/mol. The Labute approximate surface area is 164 Å². The van der Waals surface area contributed by atoms with Crippen molar-refractivity contribution in [3.8, 4) is 0 Å². The van der Waals surface area contributed by atoms with E-state index in [1.165, 1.54) is 0 Å². The van der Waals surface area contributed by atoms with Gasteiger partial charge in [0.25, 0.3) is 0 Å². The summed E-state index contributed by atoms with van der Waals surface area (Å²) in [6.45, 7) is 3.82. The highest BCUT2D eigenvalue weighted by atomic mass is 16.5. The van der Waals surface area contributed by atoms with E-state index < -0.39 is 0 Å². The highest BCUT2D eigenvalue weighted by Crippen LogP contribution is 2.25. The van der Waals surface area contributed by atoms with E-state index in [1.54, 1.807) is 6.20 Å². The van der Waals surface area contributed by atoms with Gasteiger partial charge < -0.3 is 15.0 Å². The number of nitrogens with zero attached hydrogens (tertiary/aromatic N) is 3. The number of nitrogens with one attached hydrogen (secondary N) is 1. The smallest absolute Gasteiger partial charge is 0.322 e. The van der Waals surface area contributed by atoms with E-state index in [1.807, 2.05) is 83.4 Å². The minimum absolute atomic E-state index is 0.0128. The van der Waals surface area contributed by atoms with Crippen LogP contribution < -0.4 is 5.32 Å². The summed E-state index contributed by atoms with van der Waals surface area (Å²) in [6.07, 6.45) is 3.58. The monoisotopic (exact) mass is 376 g/mol. The van der Waals surface area contributed by atoms with Crippen LogP contribution in [0.15, 0.2) is 73.1 Å². The lowest BCUT2D eigenvalue weighted by Crippen LogP contribution is -2.47. The number of carbonyl (C=O) groups excluding carboxylic acids is 1. The molecule has 0 spiro atoms. The van der Waals surface area contributed by atoms with Gasteiger partial charge in [0.1, 0.15) is 6.10 Å². The van der Waals surface area contributed by atoms with Gasteiger partial charge in [-0.1, -0.05) is 42.5 Å². The highest BCUT2D eigenvalue weighted by Gasteiger charge is 2.29. The van der Waals surface area contributed by atoms with E-state index >= 15 is 0 Å².